The molecule has 0 aromatic carbocycles. The summed E-state index contributed by atoms with van der Waals surface area (Å²) in [5, 5.41) is 3.53. The van der Waals surface area contributed by atoms with E-state index in [0.29, 0.717) is 0 Å². The normalized spacial score (nSPS) is 12.7. The van der Waals surface area contributed by atoms with Crippen LogP contribution in [0.4, 0.5) is 0 Å². The first-order chi connectivity index (χ1) is 12.0. The van der Waals surface area contributed by atoms with Gasteiger partial charge in [0.15, 0.2) is 0 Å². The Kier molecular flexibility index (Phi) is 7.91. The van der Waals surface area contributed by atoms with Gasteiger partial charge in [-0.25, -0.2) is 0 Å². The van der Waals surface area contributed by atoms with E-state index in [1.807, 2.05) is 0 Å². The lowest BCUT2D eigenvalue weighted by molar-refractivity contribution is 0.646. The maximum atomic E-state index is 2.57. The molecule has 25 heavy (non-hydrogen) atoms. The molecule has 2 atom stereocenters. The molecule has 0 saturated heterocycles. The summed E-state index contributed by atoms with van der Waals surface area (Å²) in [7, 11) is 1.82. The molecule has 0 radical (unpaired) electrons. The minimum atomic E-state index is 0.240. The van der Waals surface area contributed by atoms with Crippen LogP contribution in [0.1, 0.15) is 100 Å². The van der Waals surface area contributed by atoms with Gasteiger partial charge in [-0.3, -0.25) is 0 Å². The van der Waals surface area contributed by atoms with Gasteiger partial charge in [-0.05, 0) is 70.1 Å². The van der Waals surface area contributed by atoms with Crippen molar-refractivity contribution in [1.29, 1.82) is 0 Å². The molecule has 0 nitrogen and oxygen atoms in total. The predicted molar refractivity (Wildman–Crippen MR) is 120 cm³/mol. The van der Waals surface area contributed by atoms with E-state index < -0.39 is 0 Å². The highest BCUT2D eigenvalue weighted by molar-refractivity contribution is 7.32. The molecule has 0 aliphatic carbocycles. The average molecular weight is 377 g/mol. The Morgan fingerprint density at radius 1 is 0.640 bits per heavy atom. The summed E-state index contributed by atoms with van der Waals surface area (Å²) in [6.45, 7) is 14.4. The van der Waals surface area contributed by atoms with Crippen molar-refractivity contribution in [2.75, 3.05) is 0 Å². The summed E-state index contributed by atoms with van der Waals surface area (Å²) in [6, 6.07) is 0. The molecule has 2 aromatic heterocycles. The van der Waals surface area contributed by atoms with Crippen LogP contribution in [-0.2, 0) is 31.1 Å². The van der Waals surface area contributed by atoms with E-state index in [2.05, 4.69) is 53.1 Å². The Balaban J connectivity index is 2.51. The minimum absolute atomic E-state index is 0.240. The first-order valence-electron chi connectivity index (χ1n) is 10.4. The number of hydrogen-bond donors (Lipinski definition) is 0. The molecule has 0 spiro atoms. The number of rotatable bonds is 10. The second kappa shape index (κ2) is 9.48. The molecule has 0 N–H and O–H groups in total. The molecule has 0 fully saturated rings. The van der Waals surface area contributed by atoms with Gasteiger partial charge in [-0.15, -0.1) is 16.4 Å². The molecule has 2 unspecified atom stereocenters. The van der Waals surface area contributed by atoms with Gasteiger partial charge in [0.1, 0.15) is 0 Å². The highest BCUT2D eigenvalue weighted by Crippen LogP contribution is 2.47. The molecule has 140 valence electrons. The van der Waals surface area contributed by atoms with Gasteiger partial charge in [0.25, 0.3) is 0 Å². The molecule has 2 heterocycles. The highest BCUT2D eigenvalue weighted by Gasteiger charge is 2.31. The topological polar surface area (TPSA) is 0 Å². The fourth-order valence-corrected chi connectivity index (χ4v) is 7.57. The summed E-state index contributed by atoms with van der Waals surface area (Å²) in [5.74, 6) is 5.15. The Bertz CT molecular complexity index is 601. The molecule has 0 aliphatic heterocycles. The Hall–Kier alpha value is -0.440. The fraction of sp³-hybridized carbons (Fsp3) is 0.652. The molecule has 0 amide bonds. The smallest absolute Gasteiger partial charge is 0.0221 e. The molecule has 0 saturated carbocycles. The molecule has 0 bridgehead atoms. The van der Waals surface area contributed by atoms with E-state index >= 15 is 0 Å². The first-order valence-corrected chi connectivity index (χ1v) is 12.6. The average Bonchev–Trinajstić information content (AvgIpc) is 3.15. The van der Waals surface area contributed by atoms with Crippen LogP contribution in [0.5, 0.6) is 0 Å². The predicted octanol–water partition coefficient (Wildman–Crippen LogP) is 7.89. The van der Waals surface area contributed by atoms with Gasteiger partial charge in [0, 0.05) is 5.41 Å². The Morgan fingerprint density at radius 2 is 1.00 bits per heavy atom. The van der Waals surface area contributed by atoms with Crippen molar-refractivity contribution < 1.29 is 0 Å². The summed E-state index contributed by atoms with van der Waals surface area (Å²) in [5.41, 5.74) is 7.04. The van der Waals surface area contributed by atoms with Crippen LogP contribution in [-0.4, -0.2) is 0 Å². The van der Waals surface area contributed by atoms with Gasteiger partial charge < -0.3 is 0 Å². The maximum absolute atomic E-state index is 2.57. The zero-order valence-electron chi connectivity index (χ0n) is 17.3. The van der Waals surface area contributed by atoms with Crippen molar-refractivity contribution in [3.63, 3.8) is 0 Å². The van der Waals surface area contributed by atoms with Crippen molar-refractivity contribution >= 4 is 16.4 Å². The molecule has 2 aromatic rings. The summed E-state index contributed by atoms with van der Waals surface area (Å²) >= 11 is 0. The molecular formula is C23H38P2. The SMILES string of the molecule is CCCc1c[pH]c(C(C)(C)c2[pH]cc(CCC)c2CCC)c1CCC. The van der Waals surface area contributed by atoms with Crippen LogP contribution < -0.4 is 0 Å². The fourth-order valence-electron chi connectivity index (χ4n) is 4.28. The summed E-state index contributed by atoms with van der Waals surface area (Å²) < 4.78 is 0. The minimum Gasteiger partial charge on any atom is -0.135 e. The molecule has 0 aliphatic rings. The van der Waals surface area contributed by atoms with Crippen molar-refractivity contribution in [1.82, 2.24) is 0 Å². The Labute approximate surface area is 159 Å². The van der Waals surface area contributed by atoms with Crippen LogP contribution in [0.25, 0.3) is 0 Å². The molecular weight excluding hydrogens is 338 g/mol. The quantitative estimate of drug-likeness (QED) is 0.395. The first kappa shape index (κ1) is 20.9. The van der Waals surface area contributed by atoms with Crippen molar-refractivity contribution in [3.05, 3.63) is 44.4 Å². The van der Waals surface area contributed by atoms with Gasteiger partial charge in [-0.1, -0.05) is 67.2 Å². The van der Waals surface area contributed by atoms with Gasteiger partial charge in [0.2, 0.25) is 0 Å². The van der Waals surface area contributed by atoms with Gasteiger partial charge in [-0.2, -0.15) is 0 Å². The third-order valence-electron chi connectivity index (χ3n) is 5.45. The van der Waals surface area contributed by atoms with Crippen molar-refractivity contribution in [2.45, 2.75) is 98.3 Å². The van der Waals surface area contributed by atoms with E-state index in [-0.39, 0.29) is 5.41 Å². The van der Waals surface area contributed by atoms with Gasteiger partial charge >= 0.3 is 0 Å². The number of aryl methyl sites for hydroxylation is 2. The Morgan fingerprint density at radius 3 is 1.32 bits per heavy atom. The monoisotopic (exact) mass is 376 g/mol. The van der Waals surface area contributed by atoms with Crippen LogP contribution in [0.2, 0.25) is 0 Å². The van der Waals surface area contributed by atoms with Crippen LogP contribution in [0.3, 0.4) is 0 Å². The summed E-state index contributed by atoms with van der Waals surface area (Å²) in [4.78, 5) is 0. The third kappa shape index (κ3) is 4.46. The van der Waals surface area contributed by atoms with Crippen LogP contribution >= 0.6 is 16.4 Å². The van der Waals surface area contributed by atoms with E-state index in [9.17, 15) is 0 Å². The second-order valence-electron chi connectivity index (χ2n) is 7.96. The lowest BCUT2D eigenvalue weighted by atomic mass is 9.81. The van der Waals surface area contributed by atoms with Crippen LogP contribution in [0, 0.1) is 0 Å². The van der Waals surface area contributed by atoms with Crippen LogP contribution in [0.15, 0.2) is 11.6 Å². The zero-order valence-corrected chi connectivity index (χ0v) is 19.3. The zero-order chi connectivity index (χ0) is 18.4. The maximum Gasteiger partial charge on any atom is 0.0221 e. The molecule has 2 rings (SSSR count). The van der Waals surface area contributed by atoms with E-state index in [4.69, 9.17) is 0 Å². The van der Waals surface area contributed by atoms with E-state index in [1.54, 1.807) is 32.8 Å². The standard InChI is InChI=1S/C23H38P2/c1-7-11-17-15-24-21(19(17)13-9-3)23(5,6)22-20(14-10-4)18(12-8-2)16-25-22/h15-16,24-25H,7-14H2,1-6H3. The second-order valence-corrected chi connectivity index (χ2v) is 10.1. The largest absolute Gasteiger partial charge is 0.135 e. The van der Waals surface area contributed by atoms with E-state index in [1.165, 1.54) is 51.4 Å². The van der Waals surface area contributed by atoms with Gasteiger partial charge in [0.05, 0.1) is 0 Å². The lowest BCUT2D eigenvalue weighted by Gasteiger charge is -2.28. The highest BCUT2D eigenvalue weighted by atomic mass is 31.0. The van der Waals surface area contributed by atoms with Crippen molar-refractivity contribution in [2.24, 2.45) is 0 Å². The van der Waals surface area contributed by atoms with E-state index in [0.717, 1.165) is 16.4 Å². The molecule has 2 heteroatoms. The summed E-state index contributed by atoms with van der Waals surface area (Å²) in [6.07, 6.45) is 10.1. The lowest BCUT2D eigenvalue weighted by Crippen LogP contribution is -2.19. The van der Waals surface area contributed by atoms with Crippen molar-refractivity contribution in [3.8, 4) is 0 Å². The third-order valence-corrected chi connectivity index (χ3v) is 8.87. The number of hydrogen-bond acceptors (Lipinski definition) is 0.